The number of carbonyl (C=O) groups excluding carboxylic acids is 1. The highest BCUT2D eigenvalue weighted by Gasteiger charge is 2.26. The number of likely N-dealkylation sites (tertiary alicyclic amines) is 1. The lowest BCUT2D eigenvalue weighted by Crippen LogP contribution is -2.39. The van der Waals surface area contributed by atoms with E-state index in [9.17, 15) is 9.18 Å². The fourth-order valence-electron chi connectivity index (χ4n) is 2.45. The summed E-state index contributed by atoms with van der Waals surface area (Å²) in [5.41, 5.74) is 0.706. The first-order chi connectivity index (χ1) is 9.20. The monoisotopic (exact) mass is 262 g/mol. The van der Waals surface area contributed by atoms with E-state index >= 15 is 0 Å². The zero-order valence-electron chi connectivity index (χ0n) is 11.1. The van der Waals surface area contributed by atoms with Gasteiger partial charge in [0.25, 0.3) is 0 Å². The third kappa shape index (κ3) is 3.64. The summed E-state index contributed by atoms with van der Waals surface area (Å²) in [5, 5.41) is 3.11. The van der Waals surface area contributed by atoms with Crippen molar-refractivity contribution in [2.45, 2.75) is 18.9 Å². The molecule has 0 spiro atoms. The van der Waals surface area contributed by atoms with Crippen molar-refractivity contribution in [3.05, 3.63) is 41.7 Å². The minimum absolute atomic E-state index is 0.00186. The minimum Gasteiger partial charge on any atom is -0.335 e. The SMILES string of the molecule is CNCC1CCCN1C(=O)C=Cc1cccc(F)c1. The van der Waals surface area contributed by atoms with E-state index in [0.717, 1.165) is 25.9 Å². The molecule has 1 unspecified atom stereocenters. The Kier molecular flexibility index (Phi) is 4.68. The van der Waals surface area contributed by atoms with Gasteiger partial charge in [0, 0.05) is 25.2 Å². The molecule has 3 nitrogen and oxygen atoms in total. The molecule has 1 atom stereocenters. The Morgan fingerprint density at radius 1 is 1.58 bits per heavy atom. The highest BCUT2D eigenvalue weighted by Crippen LogP contribution is 2.17. The molecule has 1 N–H and O–H groups in total. The average molecular weight is 262 g/mol. The topological polar surface area (TPSA) is 32.3 Å². The van der Waals surface area contributed by atoms with Crippen LogP contribution in [0.4, 0.5) is 4.39 Å². The number of nitrogens with one attached hydrogen (secondary N) is 1. The lowest BCUT2D eigenvalue weighted by molar-refractivity contribution is -0.126. The van der Waals surface area contributed by atoms with Crippen LogP contribution >= 0.6 is 0 Å². The predicted octanol–water partition coefficient (Wildman–Crippen LogP) is 2.05. The van der Waals surface area contributed by atoms with Gasteiger partial charge >= 0.3 is 0 Å². The molecule has 1 aliphatic rings. The smallest absolute Gasteiger partial charge is 0.246 e. The van der Waals surface area contributed by atoms with Crippen molar-refractivity contribution in [3.63, 3.8) is 0 Å². The zero-order valence-corrected chi connectivity index (χ0v) is 11.1. The average Bonchev–Trinajstić information content (AvgIpc) is 2.85. The summed E-state index contributed by atoms with van der Waals surface area (Å²) in [4.78, 5) is 14.0. The first-order valence-corrected chi connectivity index (χ1v) is 6.59. The number of hydrogen-bond acceptors (Lipinski definition) is 2. The van der Waals surface area contributed by atoms with Crippen molar-refractivity contribution in [1.29, 1.82) is 0 Å². The summed E-state index contributed by atoms with van der Waals surface area (Å²) in [5.74, 6) is -0.286. The molecule has 0 saturated carbocycles. The molecule has 102 valence electrons. The van der Waals surface area contributed by atoms with Crippen molar-refractivity contribution in [3.8, 4) is 0 Å². The molecule has 1 heterocycles. The maximum atomic E-state index is 13.0. The van der Waals surface area contributed by atoms with E-state index in [-0.39, 0.29) is 17.8 Å². The van der Waals surface area contributed by atoms with Crippen molar-refractivity contribution in [2.75, 3.05) is 20.1 Å². The quantitative estimate of drug-likeness (QED) is 0.842. The van der Waals surface area contributed by atoms with Crippen LogP contribution in [0.5, 0.6) is 0 Å². The normalized spacial score (nSPS) is 19.3. The first kappa shape index (κ1) is 13.7. The van der Waals surface area contributed by atoms with E-state index in [1.807, 2.05) is 11.9 Å². The summed E-state index contributed by atoms with van der Waals surface area (Å²) in [6.45, 7) is 1.62. The summed E-state index contributed by atoms with van der Waals surface area (Å²) in [6, 6.07) is 6.50. The molecule has 2 rings (SSSR count). The Morgan fingerprint density at radius 2 is 2.42 bits per heavy atom. The summed E-state index contributed by atoms with van der Waals surface area (Å²) >= 11 is 0. The maximum absolute atomic E-state index is 13.0. The number of likely N-dealkylation sites (N-methyl/N-ethyl adjacent to an activating group) is 1. The van der Waals surface area contributed by atoms with Crippen LogP contribution in [0.3, 0.4) is 0 Å². The molecule has 4 heteroatoms. The van der Waals surface area contributed by atoms with E-state index in [4.69, 9.17) is 0 Å². The van der Waals surface area contributed by atoms with E-state index in [2.05, 4.69) is 5.32 Å². The number of benzene rings is 1. The molecular formula is C15H19FN2O. The van der Waals surface area contributed by atoms with Crippen LogP contribution in [-0.4, -0.2) is 37.0 Å². The highest BCUT2D eigenvalue weighted by molar-refractivity contribution is 5.92. The van der Waals surface area contributed by atoms with Gasteiger partial charge in [-0.25, -0.2) is 4.39 Å². The van der Waals surface area contributed by atoms with E-state index in [1.165, 1.54) is 18.2 Å². The maximum Gasteiger partial charge on any atom is 0.246 e. The number of hydrogen-bond donors (Lipinski definition) is 1. The second kappa shape index (κ2) is 6.48. The highest BCUT2D eigenvalue weighted by atomic mass is 19.1. The van der Waals surface area contributed by atoms with Gasteiger partial charge in [0.2, 0.25) is 5.91 Å². The van der Waals surface area contributed by atoms with Gasteiger partial charge in [0.1, 0.15) is 5.82 Å². The van der Waals surface area contributed by atoms with Crippen LogP contribution in [0.1, 0.15) is 18.4 Å². The molecule has 19 heavy (non-hydrogen) atoms. The molecule has 1 aromatic carbocycles. The largest absolute Gasteiger partial charge is 0.335 e. The molecule has 0 aliphatic carbocycles. The zero-order chi connectivity index (χ0) is 13.7. The summed E-state index contributed by atoms with van der Waals surface area (Å²) < 4.78 is 13.0. The molecule has 0 bridgehead atoms. The van der Waals surface area contributed by atoms with Crippen LogP contribution < -0.4 is 5.32 Å². The Morgan fingerprint density at radius 3 is 3.16 bits per heavy atom. The number of rotatable bonds is 4. The molecule has 1 aliphatic heterocycles. The standard InChI is InChI=1S/C15H19FN2O/c1-17-11-14-6-3-9-18(14)15(19)8-7-12-4-2-5-13(16)10-12/h2,4-5,7-8,10,14,17H,3,6,9,11H2,1H3. The Bertz CT molecular complexity index is 473. The number of halogens is 1. The molecule has 0 radical (unpaired) electrons. The van der Waals surface area contributed by atoms with Gasteiger partial charge in [-0.1, -0.05) is 12.1 Å². The van der Waals surface area contributed by atoms with Crippen LogP contribution in [0.2, 0.25) is 0 Å². The molecule has 1 fully saturated rings. The Hall–Kier alpha value is -1.68. The van der Waals surface area contributed by atoms with Crippen molar-refractivity contribution in [1.82, 2.24) is 10.2 Å². The van der Waals surface area contributed by atoms with Gasteiger partial charge in [0.15, 0.2) is 0 Å². The van der Waals surface area contributed by atoms with Crippen molar-refractivity contribution < 1.29 is 9.18 Å². The van der Waals surface area contributed by atoms with Crippen LogP contribution in [0, 0.1) is 5.82 Å². The Labute approximate surface area is 113 Å². The van der Waals surface area contributed by atoms with Crippen molar-refractivity contribution in [2.24, 2.45) is 0 Å². The van der Waals surface area contributed by atoms with E-state index in [0.29, 0.717) is 5.56 Å². The lowest BCUT2D eigenvalue weighted by atomic mass is 10.2. The third-order valence-corrected chi connectivity index (χ3v) is 3.37. The van der Waals surface area contributed by atoms with Gasteiger partial charge < -0.3 is 10.2 Å². The van der Waals surface area contributed by atoms with Gasteiger partial charge in [-0.3, -0.25) is 4.79 Å². The lowest BCUT2D eigenvalue weighted by Gasteiger charge is -2.23. The van der Waals surface area contributed by atoms with Crippen molar-refractivity contribution >= 4 is 12.0 Å². The summed E-state index contributed by atoms with van der Waals surface area (Å²) in [7, 11) is 1.89. The van der Waals surface area contributed by atoms with Gasteiger partial charge in [-0.15, -0.1) is 0 Å². The first-order valence-electron chi connectivity index (χ1n) is 6.59. The number of nitrogens with zero attached hydrogens (tertiary/aromatic N) is 1. The van der Waals surface area contributed by atoms with E-state index in [1.54, 1.807) is 18.2 Å². The molecule has 0 aromatic heterocycles. The Balaban J connectivity index is 2.00. The van der Waals surface area contributed by atoms with Crippen LogP contribution in [0.15, 0.2) is 30.3 Å². The van der Waals surface area contributed by atoms with Gasteiger partial charge in [-0.2, -0.15) is 0 Å². The second-order valence-electron chi connectivity index (χ2n) is 4.77. The van der Waals surface area contributed by atoms with E-state index < -0.39 is 0 Å². The van der Waals surface area contributed by atoms with Crippen LogP contribution in [-0.2, 0) is 4.79 Å². The third-order valence-electron chi connectivity index (χ3n) is 3.37. The molecule has 1 amide bonds. The van der Waals surface area contributed by atoms with Gasteiger partial charge in [-0.05, 0) is 43.7 Å². The van der Waals surface area contributed by atoms with Gasteiger partial charge in [0.05, 0.1) is 0 Å². The second-order valence-corrected chi connectivity index (χ2v) is 4.77. The number of amides is 1. The predicted molar refractivity (Wildman–Crippen MR) is 74.1 cm³/mol. The fraction of sp³-hybridized carbons (Fsp3) is 0.400. The molecule has 1 saturated heterocycles. The summed E-state index contributed by atoms with van der Waals surface area (Å²) in [6.07, 6.45) is 5.29. The number of carbonyl (C=O) groups is 1. The molecular weight excluding hydrogens is 243 g/mol. The van der Waals surface area contributed by atoms with Crippen LogP contribution in [0.25, 0.3) is 6.08 Å². The fourth-order valence-corrected chi connectivity index (χ4v) is 2.45. The molecule has 1 aromatic rings. The minimum atomic E-state index is -0.288.